The quantitative estimate of drug-likeness (QED) is 0.850. The molecule has 1 aromatic carbocycles. The van der Waals surface area contributed by atoms with Gasteiger partial charge >= 0.3 is 0 Å². The molecular formula is C16H21NO3. The smallest absolute Gasteiger partial charge is 0.254 e. The molecule has 0 spiro atoms. The fourth-order valence-corrected chi connectivity index (χ4v) is 3.06. The van der Waals surface area contributed by atoms with Crippen LogP contribution in [0.4, 0.5) is 0 Å². The zero-order chi connectivity index (χ0) is 14.1. The van der Waals surface area contributed by atoms with Crippen LogP contribution in [0.15, 0.2) is 24.3 Å². The SMILES string of the molecule is CC(C)Oc1ccc(C(=O)N2[C@@H]3CC[C@H]2COC3)cc1. The Morgan fingerprint density at radius 1 is 1.20 bits per heavy atom. The normalized spacial score (nSPS) is 25.1. The average molecular weight is 275 g/mol. The molecule has 2 aliphatic heterocycles. The summed E-state index contributed by atoms with van der Waals surface area (Å²) in [6.45, 7) is 5.34. The second kappa shape index (κ2) is 5.44. The molecule has 20 heavy (non-hydrogen) atoms. The Kier molecular flexibility index (Phi) is 3.66. The van der Waals surface area contributed by atoms with Crippen molar-refractivity contribution in [2.45, 2.75) is 44.9 Å². The third kappa shape index (κ3) is 2.52. The first-order chi connectivity index (χ1) is 9.65. The highest BCUT2D eigenvalue weighted by atomic mass is 16.5. The summed E-state index contributed by atoms with van der Waals surface area (Å²) >= 11 is 0. The van der Waals surface area contributed by atoms with Gasteiger partial charge in [-0.3, -0.25) is 4.79 Å². The van der Waals surface area contributed by atoms with E-state index in [9.17, 15) is 4.79 Å². The van der Waals surface area contributed by atoms with Crippen molar-refractivity contribution in [3.8, 4) is 5.75 Å². The first kappa shape index (κ1) is 13.4. The maximum atomic E-state index is 12.6. The van der Waals surface area contributed by atoms with Gasteiger partial charge in [0, 0.05) is 5.56 Å². The Morgan fingerprint density at radius 2 is 1.80 bits per heavy atom. The zero-order valence-corrected chi connectivity index (χ0v) is 12.0. The number of ether oxygens (including phenoxy) is 2. The van der Waals surface area contributed by atoms with Crippen molar-refractivity contribution in [2.75, 3.05) is 13.2 Å². The van der Waals surface area contributed by atoms with E-state index in [4.69, 9.17) is 9.47 Å². The molecule has 4 nitrogen and oxygen atoms in total. The molecule has 0 saturated carbocycles. The number of benzene rings is 1. The Bertz CT molecular complexity index is 467. The number of morpholine rings is 1. The van der Waals surface area contributed by atoms with Crippen molar-refractivity contribution in [3.05, 3.63) is 29.8 Å². The molecule has 2 atom stereocenters. The molecule has 0 aromatic heterocycles. The zero-order valence-electron chi connectivity index (χ0n) is 12.0. The van der Waals surface area contributed by atoms with Crippen LogP contribution in [0.1, 0.15) is 37.0 Å². The lowest BCUT2D eigenvalue weighted by Crippen LogP contribution is -2.49. The van der Waals surface area contributed by atoms with Crippen LogP contribution in [-0.4, -0.2) is 42.2 Å². The monoisotopic (exact) mass is 275 g/mol. The number of carbonyl (C=O) groups excluding carboxylic acids is 1. The van der Waals surface area contributed by atoms with Gasteiger partial charge in [0.15, 0.2) is 0 Å². The van der Waals surface area contributed by atoms with Gasteiger partial charge in [-0.05, 0) is 51.0 Å². The average Bonchev–Trinajstić information content (AvgIpc) is 2.67. The number of hydrogen-bond donors (Lipinski definition) is 0. The highest BCUT2D eigenvalue weighted by Crippen LogP contribution is 2.30. The van der Waals surface area contributed by atoms with E-state index in [2.05, 4.69) is 0 Å². The first-order valence-electron chi connectivity index (χ1n) is 7.32. The Labute approximate surface area is 119 Å². The summed E-state index contributed by atoms with van der Waals surface area (Å²) < 4.78 is 11.1. The molecule has 1 amide bonds. The summed E-state index contributed by atoms with van der Waals surface area (Å²) in [7, 11) is 0. The van der Waals surface area contributed by atoms with E-state index in [1.54, 1.807) is 0 Å². The third-order valence-electron chi connectivity index (χ3n) is 3.95. The van der Waals surface area contributed by atoms with Crippen LogP contribution in [0.5, 0.6) is 5.75 Å². The fourth-order valence-electron chi connectivity index (χ4n) is 3.06. The highest BCUT2D eigenvalue weighted by molar-refractivity contribution is 5.95. The van der Waals surface area contributed by atoms with E-state index in [-0.39, 0.29) is 24.1 Å². The van der Waals surface area contributed by atoms with Gasteiger partial charge in [-0.1, -0.05) is 0 Å². The summed E-state index contributed by atoms with van der Waals surface area (Å²) in [4.78, 5) is 14.6. The number of fused-ring (bicyclic) bond motifs is 2. The summed E-state index contributed by atoms with van der Waals surface area (Å²) in [5, 5.41) is 0. The minimum Gasteiger partial charge on any atom is -0.491 e. The van der Waals surface area contributed by atoms with Crippen LogP contribution >= 0.6 is 0 Å². The van der Waals surface area contributed by atoms with Crippen molar-refractivity contribution >= 4 is 5.91 Å². The van der Waals surface area contributed by atoms with E-state index in [0.29, 0.717) is 13.2 Å². The highest BCUT2D eigenvalue weighted by Gasteiger charge is 2.40. The molecule has 1 aromatic rings. The first-order valence-corrected chi connectivity index (χ1v) is 7.32. The summed E-state index contributed by atoms with van der Waals surface area (Å²) in [6.07, 6.45) is 2.27. The molecule has 0 N–H and O–H groups in total. The molecule has 2 bridgehead atoms. The molecule has 4 heteroatoms. The van der Waals surface area contributed by atoms with Crippen molar-refractivity contribution < 1.29 is 14.3 Å². The Hall–Kier alpha value is -1.55. The third-order valence-corrected chi connectivity index (χ3v) is 3.95. The molecule has 0 unspecified atom stereocenters. The lowest BCUT2D eigenvalue weighted by molar-refractivity contribution is -0.00715. The van der Waals surface area contributed by atoms with Gasteiger partial charge in [0.25, 0.3) is 5.91 Å². The minimum absolute atomic E-state index is 0.122. The van der Waals surface area contributed by atoms with Crippen LogP contribution in [0.2, 0.25) is 0 Å². The molecule has 2 saturated heterocycles. The predicted octanol–water partition coefficient (Wildman–Crippen LogP) is 2.48. The Balaban J connectivity index is 1.74. The molecule has 0 aliphatic carbocycles. The maximum absolute atomic E-state index is 12.6. The van der Waals surface area contributed by atoms with Gasteiger partial charge in [0.05, 0.1) is 31.4 Å². The predicted molar refractivity (Wildman–Crippen MR) is 76.0 cm³/mol. The van der Waals surface area contributed by atoms with Gasteiger partial charge in [-0.2, -0.15) is 0 Å². The topological polar surface area (TPSA) is 38.8 Å². The number of amides is 1. The van der Waals surface area contributed by atoms with E-state index in [0.717, 1.165) is 24.2 Å². The fraction of sp³-hybridized carbons (Fsp3) is 0.562. The second-order valence-corrected chi connectivity index (χ2v) is 5.83. The maximum Gasteiger partial charge on any atom is 0.254 e. The van der Waals surface area contributed by atoms with Gasteiger partial charge in [0.1, 0.15) is 5.75 Å². The number of carbonyl (C=O) groups is 1. The standard InChI is InChI=1S/C16H21NO3/c1-11(2)20-15-7-3-12(4-8-15)16(18)17-13-5-6-14(17)10-19-9-13/h3-4,7-8,11,13-14H,5-6,9-10H2,1-2H3/t13-,14+. The summed E-state index contributed by atoms with van der Waals surface area (Å²) in [5.41, 5.74) is 0.736. The molecular weight excluding hydrogens is 254 g/mol. The number of rotatable bonds is 3. The summed E-state index contributed by atoms with van der Waals surface area (Å²) in [6, 6.07) is 7.97. The van der Waals surface area contributed by atoms with Gasteiger partial charge < -0.3 is 14.4 Å². The van der Waals surface area contributed by atoms with Crippen molar-refractivity contribution in [3.63, 3.8) is 0 Å². The molecule has 108 valence electrons. The molecule has 2 heterocycles. The molecule has 3 rings (SSSR count). The number of hydrogen-bond acceptors (Lipinski definition) is 3. The van der Waals surface area contributed by atoms with E-state index >= 15 is 0 Å². The molecule has 0 radical (unpaired) electrons. The largest absolute Gasteiger partial charge is 0.491 e. The van der Waals surface area contributed by atoms with Crippen molar-refractivity contribution in [1.82, 2.24) is 4.90 Å². The lowest BCUT2D eigenvalue weighted by Gasteiger charge is -2.34. The van der Waals surface area contributed by atoms with E-state index in [1.165, 1.54) is 0 Å². The minimum atomic E-state index is 0.122. The molecule has 2 aliphatic rings. The lowest BCUT2D eigenvalue weighted by atomic mass is 10.1. The van der Waals surface area contributed by atoms with Gasteiger partial charge in [0.2, 0.25) is 0 Å². The van der Waals surface area contributed by atoms with Gasteiger partial charge in [-0.25, -0.2) is 0 Å². The number of nitrogens with zero attached hydrogens (tertiary/aromatic N) is 1. The van der Waals surface area contributed by atoms with E-state index < -0.39 is 0 Å². The van der Waals surface area contributed by atoms with Crippen LogP contribution in [0.25, 0.3) is 0 Å². The second-order valence-electron chi connectivity index (χ2n) is 5.83. The van der Waals surface area contributed by atoms with Crippen LogP contribution < -0.4 is 4.74 Å². The summed E-state index contributed by atoms with van der Waals surface area (Å²) in [5.74, 6) is 0.929. The van der Waals surface area contributed by atoms with Crippen LogP contribution in [0, 0.1) is 0 Å². The Morgan fingerprint density at radius 3 is 2.35 bits per heavy atom. The van der Waals surface area contributed by atoms with Crippen molar-refractivity contribution in [2.24, 2.45) is 0 Å². The van der Waals surface area contributed by atoms with Crippen LogP contribution in [0.3, 0.4) is 0 Å². The van der Waals surface area contributed by atoms with E-state index in [1.807, 2.05) is 43.0 Å². The molecule has 2 fully saturated rings. The van der Waals surface area contributed by atoms with Crippen molar-refractivity contribution in [1.29, 1.82) is 0 Å². The van der Waals surface area contributed by atoms with Gasteiger partial charge in [-0.15, -0.1) is 0 Å². The van der Waals surface area contributed by atoms with Crippen LogP contribution in [-0.2, 0) is 4.74 Å².